The lowest BCUT2D eigenvalue weighted by molar-refractivity contribution is 0.605. The van der Waals surface area contributed by atoms with Crippen LogP contribution in [0.25, 0.3) is 54.9 Å². The van der Waals surface area contributed by atoms with Gasteiger partial charge in [-0.05, 0) is 97.3 Å². The molecule has 1 heteroatoms. The van der Waals surface area contributed by atoms with Crippen molar-refractivity contribution in [2.75, 3.05) is 4.90 Å². The van der Waals surface area contributed by atoms with Crippen LogP contribution < -0.4 is 4.90 Å². The normalized spacial score (nSPS) is 15.7. The van der Waals surface area contributed by atoms with Crippen LogP contribution in [-0.2, 0) is 5.41 Å². The van der Waals surface area contributed by atoms with Crippen molar-refractivity contribution in [1.29, 1.82) is 0 Å². The topological polar surface area (TPSA) is 3.24 Å². The van der Waals surface area contributed by atoms with Crippen molar-refractivity contribution in [3.05, 3.63) is 217 Å². The molecule has 0 amide bonds. The van der Waals surface area contributed by atoms with Crippen LogP contribution in [0.1, 0.15) is 37.3 Å². The summed E-state index contributed by atoms with van der Waals surface area (Å²) in [5.41, 5.74) is 15.5. The number of allylic oxidation sites excluding steroid dienone is 4. The van der Waals surface area contributed by atoms with Crippen LogP contribution in [0.3, 0.4) is 0 Å². The highest BCUT2D eigenvalue weighted by molar-refractivity contribution is 6.04. The van der Waals surface area contributed by atoms with E-state index in [1.807, 2.05) is 0 Å². The van der Waals surface area contributed by atoms with Gasteiger partial charge in [0.1, 0.15) is 0 Å². The fraction of sp³-hybridized carbons (Fsp3) is 0.0943. The zero-order chi connectivity index (χ0) is 36.2. The van der Waals surface area contributed by atoms with E-state index in [-0.39, 0.29) is 5.41 Å². The van der Waals surface area contributed by atoms with Crippen molar-refractivity contribution < 1.29 is 0 Å². The van der Waals surface area contributed by atoms with E-state index >= 15 is 0 Å². The van der Waals surface area contributed by atoms with E-state index in [4.69, 9.17) is 0 Å². The molecule has 0 spiro atoms. The third-order valence-electron chi connectivity index (χ3n) is 11.9. The zero-order valence-electron chi connectivity index (χ0n) is 30.7. The zero-order valence-corrected chi connectivity index (χ0v) is 30.7. The first-order valence-corrected chi connectivity index (χ1v) is 19.1. The fourth-order valence-corrected chi connectivity index (χ4v) is 9.25. The highest BCUT2D eigenvalue weighted by atomic mass is 15.2. The highest BCUT2D eigenvalue weighted by Gasteiger charge is 2.43. The fourth-order valence-electron chi connectivity index (χ4n) is 9.25. The second-order valence-electron chi connectivity index (χ2n) is 15.3. The molecule has 0 saturated carbocycles. The number of benzene rings is 8. The maximum absolute atomic E-state index is 2.52. The molecule has 0 heterocycles. The lowest BCUT2D eigenvalue weighted by Gasteiger charge is -2.35. The predicted octanol–water partition coefficient (Wildman–Crippen LogP) is 14.4. The van der Waals surface area contributed by atoms with Gasteiger partial charge >= 0.3 is 0 Å². The van der Waals surface area contributed by atoms with Crippen LogP contribution in [0, 0.1) is 0 Å². The van der Waals surface area contributed by atoms with Gasteiger partial charge in [0, 0.05) is 28.3 Å². The lowest BCUT2D eigenvalue weighted by atomic mass is 9.78. The first-order valence-electron chi connectivity index (χ1n) is 19.1. The van der Waals surface area contributed by atoms with Crippen molar-refractivity contribution in [2.24, 2.45) is 0 Å². The van der Waals surface area contributed by atoms with Crippen LogP contribution in [-0.4, -0.2) is 0 Å². The number of rotatable bonds is 6. The van der Waals surface area contributed by atoms with Crippen LogP contribution in [0.5, 0.6) is 0 Å². The minimum Gasteiger partial charge on any atom is -0.314 e. The molecule has 1 nitrogen and oxygen atoms in total. The third-order valence-corrected chi connectivity index (χ3v) is 11.9. The molecule has 1 atom stereocenters. The number of fused-ring (bicyclic) bond motifs is 5. The Labute approximate surface area is 318 Å². The molecule has 0 radical (unpaired) electrons. The van der Waals surface area contributed by atoms with Crippen molar-refractivity contribution in [2.45, 2.75) is 31.6 Å². The van der Waals surface area contributed by atoms with E-state index in [0.717, 1.165) is 12.1 Å². The first kappa shape index (κ1) is 32.2. The molecular formula is C53H41N. The standard InChI is InChI=1S/C53H41N/c1-53(2)49-22-12-10-21-47(49)48-35-43(31-33-50(48)53)54(51-23-13-11-19-44(51)41-25-24-36-14-6-7-18-40(36)34-41)42-29-26-38(27-30-42)46-32-28-37-15-8-9-20-45(37)52(46)39-16-4-3-5-17-39/h3-34,48H,35H2,1-2H3. The molecule has 258 valence electrons. The van der Waals surface area contributed by atoms with Gasteiger partial charge in [-0.3, -0.25) is 0 Å². The molecule has 1 unspecified atom stereocenters. The molecule has 2 aliphatic carbocycles. The maximum Gasteiger partial charge on any atom is 0.0536 e. The summed E-state index contributed by atoms with van der Waals surface area (Å²) in [5, 5.41) is 5.02. The van der Waals surface area contributed by atoms with Crippen molar-refractivity contribution in [3.63, 3.8) is 0 Å². The van der Waals surface area contributed by atoms with Gasteiger partial charge in [-0.15, -0.1) is 0 Å². The molecule has 0 bridgehead atoms. The monoisotopic (exact) mass is 691 g/mol. The van der Waals surface area contributed by atoms with Gasteiger partial charge < -0.3 is 4.90 Å². The summed E-state index contributed by atoms with van der Waals surface area (Å²) >= 11 is 0. The Bertz CT molecular complexity index is 2760. The Morgan fingerprint density at radius 1 is 0.500 bits per heavy atom. The van der Waals surface area contributed by atoms with Gasteiger partial charge in [0.05, 0.1) is 5.69 Å². The molecule has 54 heavy (non-hydrogen) atoms. The van der Waals surface area contributed by atoms with Gasteiger partial charge in [-0.2, -0.15) is 0 Å². The summed E-state index contributed by atoms with van der Waals surface area (Å²) < 4.78 is 0. The minimum absolute atomic E-state index is 0.00901. The summed E-state index contributed by atoms with van der Waals surface area (Å²) in [6.45, 7) is 4.77. The van der Waals surface area contributed by atoms with Crippen LogP contribution in [0.15, 0.2) is 205 Å². The van der Waals surface area contributed by atoms with Crippen LogP contribution >= 0.6 is 0 Å². The SMILES string of the molecule is CC1(C)C2=CC=C(N(c3ccc(-c4ccc5ccccc5c4-c4ccccc4)cc3)c3ccccc3-c3ccc4ccccc4c3)CC2c2ccccc21. The van der Waals surface area contributed by atoms with Gasteiger partial charge in [0.2, 0.25) is 0 Å². The third kappa shape index (κ3) is 5.31. The van der Waals surface area contributed by atoms with Crippen LogP contribution in [0.4, 0.5) is 11.4 Å². The Balaban J connectivity index is 1.13. The quantitative estimate of drug-likeness (QED) is 0.168. The summed E-state index contributed by atoms with van der Waals surface area (Å²) in [7, 11) is 0. The molecule has 8 aromatic carbocycles. The van der Waals surface area contributed by atoms with E-state index in [1.54, 1.807) is 0 Å². The largest absolute Gasteiger partial charge is 0.314 e. The van der Waals surface area contributed by atoms with Gasteiger partial charge in [0.25, 0.3) is 0 Å². The summed E-state index contributed by atoms with van der Waals surface area (Å²) in [5.74, 6) is 0.344. The second-order valence-corrected chi connectivity index (χ2v) is 15.3. The van der Waals surface area contributed by atoms with E-state index in [2.05, 4.69) is 213 Å². The van der Waals surface area contributed by atoms with E-state index in [1.165, 1.54) is 83.0 Å². The number of nitrogens with zero attached hydrogens (tertiary/aromatic N) is 1. The molecule has 8 aromatic rings. The van der Waals surface area contributed by atoms with Gasteiger partial charge in [-0.1, -0.05) is 183 Å². The van der Waals surface area contributed by atoms with Crippen molar-refractivity contribution >= 4 is 32.9 Å². The molecule has 0 fully saturated rings. The molecule has 0 N–H and O–H groups in total. The average molecular weight is 692 g/mol. The number of hydrogen-bond acceptors (Lipinski definition) is 1. The molecule has 0 aromatic heterocycles. The van der Waals surface area contributed by atoms with E-state index < -0.39 is 0 Å². The van der Waals surface area contributed by atoms with Crippen molar-refractivity contribution in [1.82, 2.24) is 0 Å². The van der Waals surface area contributed by atoms with Crippen LogP contribution in [0.2, 0.25) is 0 Å². The molecular weight excluding hydrogens is 651 g/mol. The highest BCUT2D eigenvalue weighted by Crippen LogP contribution is 2.55. The Kier molecular flexibility index (Phi) is 7.70. The first-order chi connectivity index (χ1) is 26.5. The van der Waals surface area contributed by atoms with Crippen molar-refractivity contribution in [3.8, 4) is 33.4 Å². The molecule has 0 aliphatic heterocycles. The number of hydrogen-bond donors (Lipinski definition) is 0. The van der Waals surface area contributed by atoms with E-state index in [0.29, 0.717) is 5.92 Å². The summed E-state index contributed by atoms with van der Waals surface area (Å²) in [6, 6.07) is 66.9. The molecule has 0 saturated heterocycles. The Morgan fingerprint density at radius 2 is 1.17 bits per heavy atom. The average Bonchev–Trinajstić information content (AvgIpc) is 3.46. The summed E-state index contributed by atoms with van der Waals surface area (Å²) in [4.78, 5) is 2.52. The van der Waals surface area contributed by atoms with E-state index in [9.17, 15) is 0 Å². The van der Waals surface area contributed by atoms with Gasteiger partial charge in [0.15, 0.2) is 0 Å². The smallest absolute Gasteiger partial charge is 0.0536 e. The maximum atomic E-state index is 2.52. The minimum atomic E-state index is 0.00901. The number of para-hydroxylation sites is 1. The molecule has 10 rings (SSSR count). The lowest BCUT2D eigenvalue weighted by Crippen LogP contribution is -2.23. The summed E-state index contributed by atoms with van der Waals surface area (Å²) in [6.07, 6.45) is 5.75. The molecule has 2 aliphatic rings. The second kappa shape index (κ2) is 12.9. The number of anilines is 2. The Morgan fingerprint density at radius 3 is 2.02 bits per heavy atom. The Hall–Kier alpha value is -6.44. The predicted molar refractivity (Wildman–Crippen MR) is 229 cm³/mol. The van der Waals surface area contributed by atoms with Gasteiger partial charge in [-0.25, -0.2) is 0 Å².